The predicted molar refractivity (Wildman–Crippen MR) is 73.8 cm³/mol. The van der Waals surface area contributed by atoms with Gasteiger partial charge in [0.05, 0.1) is 34.9 Å². The molecule has 1 fully saturated rings. The number of aliphatic hydroxyl groups is 1. The lowest BCUT2D eigenvalue weighted by molar-refractivity contribution is 0.190. The first-order valence-electron chi connectivity index (χ1n) is 6.04. The van der Waals surface area contributed by atoms with Crippen LogP contribution >= 0.6 is 0 Å². The molecule has 0 unspecified atom stereocenters. The van der Waals surface area contributed by atoms with Crippen LogP contribution in [0.15, 0.2) is 36.5 Å². The molecular formula is C13H14N2O3S. The molecular weight excluding hydrogens is 264 g/mol. The van der Waals surface area contributed by atoms with E-state index in [1.54, 1.807) is 6.20 Å². The highest BCUT2D eigenvalue weighted by molar-refractivity contribution is 7.91. The molecule has 2 N–H and O–H groups in total. The molecule has 19 heavy (non-hydrogen) atoms. The summed E-state index contributed by atoms with van der Waals surface area (Å²) in [5.41, 5.74) is 1.53. The van der Waals surface area contributed by atoms with Gasteiger partial charge in [-0.05, 0) is 12.1 Å². The number of fused-ring (bicyclic) bond motifs is 1. The number of sulfone groups is 1. The van der Waals surface area contributed by atoms with Crippen molar-refractivity contribution in [1.29, 1.82) is 0 Å². The van der Waals surface area contributed by atoms with E-state index in [-0.39, 0.29) is 11.5 Å². The molecule has 1 aliphatic rings. The topological polar surface area (TPSA) is 79.3 Å². The fourth-order valence-electron chi connectivity index (χ4n) is 2.39. The summed E-state index contributed by atoms with van der Waals surface area (Å²) in [7, 11) is -3.15. The van der Waals surface area contributed by atoms with Crippen LogP contribution in [0.1, 0.15) is 0 Å². The molecule has 1 aromatic heterocycles. The molecule has 0 spiro atoms. The average Bonchev–Trinajstić information content (AvgIpc) is 2.63. The van der Waals surface area contributed by atoms with E-state index in [4.69, 9.17) is 0 Å². The van der Waals surface area contributed by atoms with Gasteiger partial charge in [0.1, 0.15) is 0 Å². The van der Waals surface area contributed by atoms with E-state index < -0.39 is 22.0 Å². The largest absolute Gasteiger partial charge is 0.390 e. The van der Waals surface area contributed by atoms with Gasteiger partial charge in [0.25, 0.3) is 0 Å². The molecule has 3 rings (SSSR count). The maximum Gasteiger partial charge on any atom is 0.155 e. The van der Waals surface area contributed by atoms with Gasteiger partial charge in [-0.3, -0.25) is 4.98 Å². The Labute approximate surface area is 111 Å². The van der Waals surface area contributed by atoms with Crippen molar-refractivity contribution in [3.05, 3.63) is 36.5 Å². The quantitative estimate of drug-likeness (QED) is 0.849. The maximum atomic E-state index is 11.5. The molecule has 2 heterocycles. The van der Waals surface area contributed by atoms with Gasteiger partial charge in [0, 0.05) is 11.6 Å². The zero-order valence-electron chi connectivity index (χ0n) is 10.2. The molecule has 6 heteroatoms. The van der Waals surface area contributed by atoms with Gasteiger partial charge in [-0.25, -0.2) is 8.42 Å². The predicted octanol–water partition coefficient (Wildman–Crippen LogP) is 0.805. The molecule has 1 saturated heterocycles. The zero-order valence-corrected chi connectivity index (χ0v) is 11.0. The summed E-state index contributed by atoms with van der Waals surface area (Å²) in [6.07, 6.45) is 0.818. The number of nitrogens with zero attached hydrogens (tertiary/aromatic N) is 1. The highest BCUT2D eigenvalue weighted by atomic mass is 32.2. The Hall–Kier alpha value is -1.66. The zero-order chi connectivity index (χ0) is 13.5. The number of para-hydroxylation sites is 1. The van der Waals surface area contributed by atoms with Gasteiger partial charge in [0.2, 0.25) is 0 Å². The number of anilines is 1. The molecule has 2 aromatic rings. The third-order valence-corrected chi connectivity index (χ3v) is 5.01. The summed E-state index contributed by atoms with van der Waals surface area (Å²) in [5.74, 6) is -0.222. The van der Waals surface area contributed by atoms with Gasteiger partial charge in [-0.2, -0.15) is 0 Å². The first-order chi connectivity index (χ1) is 9.05. The van der Waals surface area contributed by atoms with Gasteiger partial charge in [-0.1, -0.05) is 18.2 Å². The van der Waals surface area contributed by atoms with E-state index in [2.05, 4.69) is 10.3 Å². The molecule has 0 aliphatic carbocycles. The number of hydrogen-bond acceptors (Lipinski definition) is 5. The van der Waals surface area contributed by atoms with Gasteiger partial charge in [-0.15, -0.1) is 0 Å². The molecule has 0 radical (unpaired) electrons. The lowest BCUT2D eigenvalue weighted by Crippen LogP contribution is -2.31. The highest BCUT2D eigenvalue weighted by Gasteiger charge is 2.36. The molecule has 1 aliphatic heterocycles. The number of benzene rings is 1. The van der Waals surface area contributed by atoms with Crippen LogP contribution in [0.3, 0.4) is 0 Å². The number of aromatic nitrogens is 1. The normalized spacial score (nSPS) is 25.5. The molecule has 2 atom stereocenters. The van der Waals surface area contributed by atoms with Crippen molar-refractivity contribution in [2.24, 2.45) is 0 Å². The third kappa shape index (κ3) is 2.41. The summed E-state index contributed by atoms with van der Waals surface area (Å²) < 4.78 is 23.0. The molecule has 0 amide bonds. The number of pyridine rings is 1. The SMILES string of the molecule is O=S1(=O)C[C@@H](O)[C@@H](Nc2cccc3cccnc23)C1. The first-order valence-corrected chi connectivity index (χ1v) is 7.86. The number of nitrogens with one attached hydrogen (secondary N) is 1. The summed E-state index contributed by atoms with van der Waals surface area (Å²) in [6.45, 7) is 0. The Balaban J connectivity index is 1.94. The van der Waals surface area contributed by atoms with E-state index >= 15 is 0 Å². The van der Waals surface area contributed by atoms with Crippen molar-refractivity contribution in [3.8, 4) is 0 Å². The Morgan fingerprint density at radius 3 is 2.74 bits per heavy atom. The molecule has 1 aromatic carbocycles. The Bertz CT molecular complexity index is 709. The fraction of sp³-hybridized carbons (Fsp3) is 0.308. The minimum absolute atomic E-state index is 0.0443. The fourth-order valence-corrected chi connectivity index (χ4v) is 4.13. The summed E-state index contributed by atoms with van der Waals surface area (Å²) in [5, 5.41) is 13.9. The van der Waals surface area contributed by atoms with Crippen molar-refractivity contribution in [3.63, 3.8) is 0 Å². The van der Waals surface area contributed by atoms with E-state index in [0.29, 0.717) is 0 Å². The maximum absolute atomic E-state index is 11.5. The van der Waals surface area contributed by atoms with Crippen molar-refractivity contribution < 1.29 is 13.5 Å². The lowest BCUT2D eigenvalue weighted by Gasteiger charge is -2.17. The second kappa shape index (κ2) is 4.47. The summed E-state index contributed by atoms with van der Waals surface area (Å²) >= 11 is 0. The highest BCUT2D eigenvalue weighted by Crippen LogP contribution is 2.24. The van der Waals surface area contributed by atoms with Crippen LogP contribution in [0.2, 0.25) is 0 Å². The summed E-state index contributed by atoms with van der Waals surface area (Å²) in [6, 6.07) is 8.97. The molecule has 5 nitrogen and oxygen atoms in total. The van der Waals surface area contributed by atoms with E-state index in [1.165, 1.54) is 0 Å². The van der Waals surface area contributed by atoms with Crippen LogP contribution in [-0.2, 0) is 9.84 Å². The van der Waals surface area contributed by atoms with Crippen LogP contribution in [0.25, 0.3) is 10.9 Å². The van der Waals surface area contributed by atoms with Crippen molar-refractivity contribution in [2.45, 2.75) is 12.1 Å². The van der Waals surface area contributed by atoms with E-state index in [1.807, 2.05) is 30.3 Å². The first kappa shape index (κ1) is 12.4. The van der Waals surface area contributed by atoms with E-state index in [9.17, 15) is 13.5 Å². The van der Waals surface area contributed by atoms with Crippen LogP contribution in [0, 0.1) is 0 Å². The van der Waals surface area contributed by atoms with Gasteiger partial charge < -0.3 is 10.4 Å². The van der Waals surface area contributed by atoms with Crippen molar-refractivity contribution >= 4 is 26.4 Å². The lowest BCUT2D eigenvalue weighted by atomic mass is 10.1. The minimum atomic E-state index is -3.15. The van der Waals surface area contributed by atoms with Crippen LogP contribution in [0.4, 0.5) is 5.69 Å². The van der Waals surface area contributed by atoms with Crippen molar-refractivity contribution in [2.75, 3.05) is 16.8 Å². The number of hydrogen-bond donors (Lipinski definition) is 2. The van der Waals surface area contributed by atoms with Crippen molar-refractivity contribution in [1.82, 2.24) is 4.98 Å². The van der Waals surface area contributed by atoms with Gasteiger partial charge in [0.15, 0.2) is 9.84 Å². The Morgan fingerprint density at radius 2 is 2.00 bits per heavy atom. The second-order valence-corrected chi connectivity index (χ2v) is 6.93. The third-order valence-electron chi connectivity index (χ3n) is 3.30. The van der Waals surface area contributed by atoms with Crippen LogP contribution in [0.5, 0.6) is 0 Å². The average molecular weight is 278 g/mol. The number of rotatable bonds is 2. The Morgan fingerprint density at radius 1 is 1.21 bits per heavy atom. The number of aliphatic hydroxyl groups excluding tert-OH is 1. The van der Waals surface area contributed by atoms with Gasteiger partial charge >= 0.3 is 0 Å². The molecule has 0 bridgehead atoms. The standard InChI is InChI=1S/C13H14N2O3S/c16-12-8-19(17,18)7-11(12)15-10-5-1-3-9-4-2-6-14-13(9)10/h1-6,11-12,15-16H,7-8H2/t11-,12+/m0/s1. The minimum Gasteiger partial charge on any atom is -0.390 e. The van der Waals surface area contributed by atoms with E-state index in [0.717, 1.165) is 16.6 Å². The molecule has 0 saturated carbocycles. The van der Waals surface area contributed by atoms with Crippen LogP contribution in [-0.4, -0.2) is 42.2 Å². The summed E-state index contributed by atoms with van der Waals surface area (Å²) in [4.78, 5) is 4.29. The second-order valence-electron chi connectivity index (χ2n) is 4.78. The van der Waals surface area contributed by atoms with Crippen LogP contribution < -0.4 is 5.32 Å². The monoisotopic (exact) mass is 278 g/mol. The molecule has 100 valence electrons. The Kier molecular flexibility index (Phi) is 2.91. The smallest absolute Gasteiger partial charge is 0.155 e.